The molecule has 0 atom stereocenters. The zero-order valence-electron chi connectivity index (χ0n) is 7.87. The van der Waals surface area contributed by atoms with E-state index in [4.69, 9.17) is 20.4 Å². The molecule has 1 aromatic rings. The third-order valence-electron chi connectivity index (χ3n) is 1.48. The van der Waals surface area contributed by atoms with Crippen molar-refractivity contribution in [3.05, 3.63) is 11.6 Å². The summed E-state index contributed by atoms with van der Waals surface area (Å²) in [6.07, 6.45) is 0. The van der Waals surface area contributed by atoms with Gasteiger partial charge in [0, 0.05) is 11.6 Å². The van der Waals surface area contributed by atoms with Crippen LogP contribution in [0.25, 0.3) is 0 Å². The molecule has 4 nitrogen and oxygen atoms in total. The minimum atomic E-state index is -0.611. The lowest BCUT2D eigenvalue weighted by molar-refractivity contribution is 0.358. The maximum atomic E-state index is 9.00. The number of phenolic OH excluding ortho intramolecular Hbond substituents is 4. The maximum Gasteiger partial charge on any atom is 0.200 e. The van der Waals surface area contributed by atoms with Crippen molar-refractivity contribution in [1.29, 1.82) is 0 Å². The molecule has 0 aliphatic carbocycles. The summed E-state index contributed by atoms with van der Waals surface area (Å²) in [5.41, 5.74) is 0.139. The van der Waals surface area contributed by atoms with Crippen LogP contribution in [0.2, 0.25) is 0 Å². The van der Waals surface area contributed by atoms with Gasteiger partial charge in [0.1, 0.15) is 5.75 Å². The summed E-state index contributed by atoms with van der Waals surface area (Å²) in [6.45, 7) is 5.42. The Balaban J connectivity index is 0.000000671. The minimum absolute atomic E-state index is 0.139. The lowest BCUT2D eigenvalue weighted by Gasteiger charge is -2.05. The van der Waals surface area contributed by atoms with Crippen LogP contribution in [0.5, 0.6) is 23.0 Å². The van der Waals surface area contributed by atoms with Gasteiger partial charge in [0.05, 0.1) is 0 Å². The minimum Gasteiger partial charge on any atom is -0.507 e. The van der Waals surface area contributed by atoms with Gasteiger partial charge in [-0.3, -0.25) is 0 Å². The molecule has 1 rings (SSSR count). The predicted molar refractivity (Wildman–Crippen MR) is 49.2 cm³/mol. The van der Waals surface area contributed by atoms with E-state index in [2.05, 4.69) is 0 Å². The van der Waals surface area contributed by atoms with Gasteiger partial charge in [-0.25, -0.2) is 0 Å². The van der Waals surface area contributed by atoms with E-state index in [1.807, 2.05) is 13.8 Å². The second-order valence-corrected chi connectivity index (χ2v) is 2.24. The number of benzene rings is 1. The molecule has 13 heavy (non-hydrogen) atoms. The molecule has 4 N–H and O–H groups in total. The van der Waals surface area contributed by atoms with Crippen LogP contribution in [0.3, 0.4) is 0 Å². The van der Waals surface area contributed by atoms with Gasteiger partial charge in [0.2, 0.25) is 5.75 Å². The average molecular weight is 186 g/mol. The first-order chi connectivity index (χ1) is 6.04. The Morgan fingerprint density at radius 1 is 0.846 bits per heavy atom. The molecule has 0 saturated heterocycles. The Morgan fingerprint density at radius 2 is 1.31 bits per heavy atom. The van der Waals surface area contributed by atoms with Crippen molar-refractivity contribution in [2.45, 2.75) is 20.8 Å². The number of rotatable bonds is 0. The third kappa shape index (κ3) is 2.18. The number of hydrogen-bond donors (Lipinski definition) is 4. The smallest absolute Gasteiger partial charge is 0.200 e. The largest absolute Gasteiger partial charge is 0.507 e. The van der Waals surface area contributed by atoms with Crippen molar-refractivity contribution >= 4 is 0 Å². The van der Waals surface area contributed by atoms with Crippen LogP contribution in [0.15, 0.2) is 6.07 Å². The Kier molecular flexibility index (Phi) is 3.91. The van der Waals surface area contributed by atoms with E-state index in [1.165, 1.54) is 6.92 Å². The van der Waals surface area contributed by atoms with Gasteiger partial charge >= 0.3 is 0 Å². The molecule has 0 radical (unpaired) electrons. The zero-order chi connectivity index (χ0) is 10.6. The Hall–Kier alpha value is -1.58. The van der Waals surface area contributed by atoms with Gasteiger partial charge in [0.15, 0.2) is 11.5 Å². The summed E-state index contributed by atoms with van der Waals surface area (Å²) >= 11 is 0. The first-order valence-corrected chi connectivity index (χ1v) is 3.97. The highest BCUT2D eigenvalue weighted by Gasteiger charge is 2.12. The highest BCUT2D eigenvalue weighted by atomic mass is 16.3. The fourth-order valence-corrected chi connectivity index (χ4v) is 0.726. The van der Waals surface area contributed by atoms with Crippen LogP contribution >= 0.6 is 0 Å². The molecular weight excluding hydrogens is 172 g/mol. The molecule has 0 amide bonds. The Morgan fingerprint density at radius 3 is 1.77 bits per heavy atom. The van der Waals surface area contributed by atoms with Crippen molar-refractivity contribution in [2.24, 2.45) is 0 Å². The summed E-state index contributed by atoms with van der Waals surface area (Å²) in [5, 5.41) is 35.7. The van der Waals surface area contributed by atoms with Gasteiger partial charge < -0.3 is 20.4 Å². The SMILES string of the molecule is CC.Cc1c(O)cc(O)c(O)c1O. The van der Waals surface area contributed by atoms with Crippen molar-refractivity contribution in [2.75, 3.05) is 0 Å². The molecule has 74 valence electrons. The zero-order valence-corrected chi connectivity index (χ0v) is 7.87. The Bertz CT molecular complexity index is 268. The van der Waals surface area contributed by atoms with Crippen LogP contribution in [0.4, 0.5) is 0 Å². The van der Waals surface area contributed by atoms with E-state index in [9.17, 15) is 0 Å². The van der Waals surface area contributed by atoms with Crippen LogP contribution in [0, 0.1) is 6.92 Å². The standard InChI is InChI=1S/C7H8O4.C2H6/c1-3-4(8)2-5(9)7(11)6(3)10;1-2/h2,8-11H,1H3;1-2H3. The molecule has 4 heteroatoms. The van der Waals surface area contributed by atoms with Gasteiger partial charge in [-0.2, -0.15) is 0 Å². The van der Waals surface area contributed by atoms with E-state index in [-0.39, 0.29) is 11.3 Å². The highest BCUT2D eigenvalue weighted by Crippen LogP contribution is 2.41. The van der Waals surface area contributed by atoms with Gasteiger partial charge in [-0.15, -0.1) is 0 Å². The number of phenols is 4. The normalized spacial score (nSPS) is 8.85. The van der Waals surface area contributed by atoms with E-state index in [0.29, 0.717) is 0 Å². The van der Waals surface area contributed by atoms with E-state index < -0.39 is 17.2 Å². The van der Waals surface area contributed by atoms with Crippen molar-refractivity contribution in [3.8, 4) is 23.0 Å². The number of hydrogen-bond acceptors (Lipinski definition) is 4. The molecule has 0 saturated carbocycles. The quantitative estimate of drug-likeness (QED) is 0.368. The molecular formula is C9H14O4. The summed E-state index contributed by atoms with van der Waals surface area (Å²) in [5.74, 6) is -1.90. The maximum absolute atomic E-state index is 9.00. The summed E-state index contributed by atoms with van der Waals surface area (Å²) in [6, 6.07) is 0.963. The predicted octanol–water partition coefficient (Wildman–Crippen LogP) is 1.84. The lowest BCUT2D eigenvalue weighted by atomic mass is 10.2. The second-order valence-electron chi connectivity index (χ2n) is 2.24. The van der Waals surface area contributed by atoms with Crippen LogP contribution in [0.1, 0.15) is 19.4 Å². The molecule has 0 unspecified atom stereocenters. The third-order valence-corrected chi connectivity index (χ3v) is 1.48. The fourth-order valence-electron chi connectivity index (χ4n) is 0.726. The average Bonchev–Trinajstić information content (AvgIpc) is 2.15. The van der Waals surface area contributed by atoms with E-state index in [0.717, 1.165) is 6.07 Å². The lowest BCUT2D eigenvalue weighted by Crippen LogP contribution is -1.78. The molecule has 0 aliphatic heterocycles. The van der Waals surface area contributed by atoms with Crippen molar-refractivity contribution < 1.29 is 20.4 Å². The summed E-state index contributed by atoms with van der Waals surface area (Å²) < 4.78 is 0. The van der Waals surface area contributed by atoms with Gasteiger partial charge in [0.25, 0.3) is 0 Å². The van der Waals surface area contributed by atoms with Crippen LogP contribution in [-0.2, 0) is 0 Å². The van der Waals surface area contributed by atoms with Crippen LogP contribution in [-0.4, -0.2) is 20.4 Å². The number of aromatic hydroxyl groups is 4. The molecule has 0 aliphatic rings. The molecule has 1 aromatic carbocycles. The first kappa shape index (κ1) is 11.4. The monoisotopic (exact) mass is 186 g/mol. The fraction of sp³-hybridized carbons (Fsp3) is 0.333. The van der Waals surface area contributed by atoms with Crippen molar-refractivity contribution in [3.63, 3.8) is 0 Å². The van der Waals surface area contributed by atoms with Gasteiger partial charge in [-0.05, 0) is 6.92 Å². The highest BCUT2D eigenvalue weighted by molar-refractivity contribution is 5.58. The molecule has 0 fully saturated rings. The Labute approximate surface area is 76.7 Å². The van der Waals surface area contributed by atoms with Crippen molar-refractivity contribution in [1.82, 2.24) is 0 Å². The van der Waals surface area contributed by atoms with Gasteiger partial charge in [-0.1, -0.05) is 13.8 Å². The molecule has 0 aromatic heterocycles. The summed E-state index contributed by atoms with van der Waals surface area (Å²) in [7, 11) is 0. The summed E-state index contributed by atoms with van der Waals surface area (Å²) in [4.78, 5) is 0. The molecule has 0 bridgehead atoms. The molecule has 0 spiro atoms. The van der Waals surface area contributed by atoms with E-state index >= 15 is 0 Å². The second kappa shape index (κ2) is 4.45. The van der Waals surface area contributed by atoms with Crippen LogP contribution < -0.4 is 0 Å². The van der Waals surface area contributed by atoms with E-state index in [1.54, 1.807) is 0 Å². The topological polar surface area (TPSA) is 80.9 Å². The first-order valence-electron chi connectivity index (χ1n) is 3.97. The molecule has 0 heterocycles.